The van der Waals surface area contributed by atoms with Crippen LogP contribution in [0.2, 0.25) is 0 Å². The van der Waals surface area contributed by atoms with E-state index in [1.807, 2.05) is 0 Å². The minimum absolute atomic E-state index is 0.366. The van der Waals surface area contributed by atoms with Gasteiger partial charge in [0, 0.05) is 6.61 Å². The summed E-state index contributed by atoms with van der Waals surface area (Å²) in [5.74, 6) is 0. The second-order valence-electron chi connectivity index (χ2n) is 5.47. The lowest BCUT2D eigenvalue weighted by molar-refractivity contribution is 0.281. The summed E-state index contributed by atoms with van der Waals surface area (Å²) in [4.78, 5) is 0. The average molecular weight is 214 g/mol. The zero-order valence-corrected chi connectivity index (χ0v) is 11.0. The van der Waals surface area contributed by atoms with E-state index >= 15 is 0 Å². The molecule has 0 atom stereocenters. The second kappa shape index (κ2) is 9.21. The van der Waals surface area contributed by atoms with Crippen molar-refractivity contribution in [2.75, 3.05) is 6.61 Å². The maximum Gasteiger partial charge on any atom is 0.0431 e. The Bertz CT molecular complexity index is 129. The number of unbranched alkanes of at least 4 members (excludes halogenated alkanes) is 6. The highest BCUT2D eigenvalue weighted by atomic mass is 16.2. The lowest BCUT2D eigenvalue weighted by Crippen LogP contribution is -2.08. The highest BCUT2D eigenvalue weighted by Crippen LogP contribution is 2.27. The van der Waals surface area contributed by atoms with E-state index in [9.17, 15) is 0 Å². The molecule has 0 bridgehead atoms. The molecule has 0 aromatic rings. The molecule has 0 spiro atoms. The summed E-state index contributed by atoms with van der Waals surface area (Å²) < 4.78 is 0. The van der Waals surface area contributed by atoms with Gasteiger partial charge in [-0.2, -0.15) is 0 Å². The van der Waals surface area contributed by atoms with Gasteiger partial charge in [0.05, 0.1) is 0 Å². The summed E-state index contributed by atoms with van der Waals surface area (Å²) in [6.07, 6.45) is 11.7. The molecular weight excluding hydrogens is 184 g/mol. The highest BCUT2D eigenvalue weighted by molar-refractivity contribution is 4.65. The molecule has 0 saturated heterocycles. The van der Waals surface area contributed by atoms with Gasteiger partial charge in [-0.05, 0) is 18.3 Å². The first-order valence-corrected chi connectivity index (χ1v) is 6.73. The SMILES string of the molecule is CCC(C)(C)CCCCCCCCCO. The van der Waals surface area contributed by atoms with Gasteiger partial charge in [-0.3, -0.25) is 0 Å². The summed E-state index contributed by atoms with van der Waals surface area (Å²) in [6, 6.07) is 0. The van der Waals surface area contributed by atoms with E-state index in [1.54, 1.807) is 0 Å². The van der Waals surface area contributed by atoms with Crippen LogP contribution in [0.4, 0.5) is 0 Å². The van der Waals surface area contributed by atoms with Crippen molar-refractivity contribution in [3.05, 3.63) is 0 Å². The van der Waals surface area contributed by atoms with Crippen molar-refractivity contribution in [1.29, 1.82) is 0 Å². The van der Waals surface area contributed by atoms with Crippen LogP contribution in [0.3, 0.4) is 0 Å². The minimum Gasteiger partial charge on any atom is -0.396 e. The maximum atomic E-state index is 8.62. The van der Waals surface area contributed by atoms with Gasteiger partial charge in [0.1, 0.15) is 0 Å². The standard InChI is InChI=1S/C14H30O/c1-4-14(2,3)12-10-8-6-5-7-9-11-13-15/h15H,4-13H2,1-3H3. The summed E-state index contributed by atoms with van der Waals surface area (Å²) in [6.45, 7) is 7.39. The first-order chi connectivity index (χ1) is 7.12. The summed E-state index contributed by atoms with van der Waals surface area (Å²) in [7, 11) is 0. The van der Waals surface area contributed by atoms with Crippen LogP contribution in [0, 0.1) is 5.41 Å². The van der Waals surface area contributed by atoms with Gasteiger partial charge in [-0.25, -0.2) is 0 Å². The van der Waals surface area contributed by atoms with E-state index in [0.29, 0.717) is 12.0 Å². The number of hydrogen-bond donors (Lipinski definition) is 1. The van der Waals surface area contributed by atoms with Crippen molar-refractivity contribution in [2.24, 2.45) is 5.41 Å². The zero-order valence-electron chi connectivity index (χ0n) is 11.0. The van der Waals surface area contributed by atoms with Crippen LogP contribution in [-0.2, 0) is 0 Å². The van der Waals surface area contributed by atoms with Crippen LogP contribution >= 0.6 is 0 Å². The third-order valence-corrected chi connectivity index (χ3v) is 3.47. The summed E-state index contributed by atoms with van der Waals surface area (Å²) in [5, 5.41) is 8.62. The minimum atomic E-state index is 0.366. The van der Waals surface area contributed by atoms with E-state index in [2.05, 4.69) is 20.8 Å². The van der Waals surface area contributed by atoms with Gasteiger partial charge in [-0.1, -0.05) is 65.7 Å². The fourth-order valence-corrected chi connectivity index (χ4v) is 1.78. The van der Waals surface area contributed by atoms with Gasteiger partial charge in [0.25, 0.3) is 0 Å². The molecule has 92 valence electrons. The Labute approximate surface area is 96.3 Å². The molecular formula is C14H30O. The molecule has 0 heterocycles. The maximum absolute atomic E-state index is 8.62. The lowest BCUT2D eigenvalue weighted by Gasteiger charge is -2.22. The Morgan fingerprint density at radius 1 is 0.800 bits per heavy atom. The molecule has 0 amide bonds. The first-order valence-electron chi connectivity index (χ1n) is 6.73. The quantitative estimate of drug-likeness (QED) is 0.529. The average Bonchev–Trinajstić information content (AvgIpc) is 2.22. The molecule has 0 aromatic heterocycles. The smallest absolute Gasteiger partial charge is 0.0431 e. The van der Waals surface area contributed by atoms with Crippen molar-refractivity contribution in [3.8, 4) is 0 Å². The van der Waals surface area contributed by atoms with Crippen LogP contribution < -0.4 is 0 Å². The largest absolute Gasteiger partial charge is 0.396 e. The monoisotopic (exact) mass is 214 g/mol. The van der Waals surface area contributed by atoms with Gasteiger partial charge >= 0.3 is 0 Å². The van der Waals surface area contributed by atoms with Gasteiger partial charge in [0.2, 0.25) is 0 Å². The number of rotatable bonds is 10. The zero-order chi connectivity index (χ0) is 11.6. The summed E-state index contributed by atoms with van der Waals surface area (Å²) >= 11 is 0. The molecule has 1 heteroatoms. The van der Waals surface area contributed by atoms with Crippen LogP contribution in [0.25, 0.3) is 0 Å². The van der Waals surface area contributed by atoms with Gasteiger partial charge in [-0.15, -0.1) is 0 Å². The first kappa shape index (κ1) is 15.0. The van der Waals surface area contributed by atoms with Gasteiger partial charge in [0.15, 0.2) is 0 Å². The van der Waals surface area contributed by atoms with E-state index < -0.39 is 0 Å². The fourth-order valence-electron chi connectivity index (χ4n) is 1.78. The predicted octanol–water partition coefficient (Wildman–Crippen LogP) is 4.54. The molecule has 0 aromatic carbocycles. The Morgan fingerprint density at radius 3 is 1.73 bits per heavy atom. The van der Waals surface area contributed by atoms with Crippen molar-refractivity contribution in [2.45, 2.75) is 78.6 Å². The molecule has 0 saturated carbocycles. The third-order valence-electron chi connectivity index (χ3n) is 3.47. The molecule has 15 heavy (non-hydrogen) atoms. The Morgan fingerprint density at radius 2 is 1.27 bits per heavy atom. The molecule has 0 unspecified atom stereocenters. The molecule has 0 aliphatic heterocycles. The van der Waals surface area contributed by atoms with Crippen molar-refractivity contribution in [3.63, 3.8) is 0 Å². The van der Waals surface area contributed by atoms with Crippen molar-refractivity contribution >= 4 is 0 Å². The second-order valence-corrected chi connectivity index (χ2v) is 5.47. The van der Waals surface area contributed by atoms with Crippen LogP contribution in [0.15, 0.2) is 0 Å². The predicted molar refractivity (Wildman–Crippen MR) is 68.1 cm³/mol. The Balaban J connectivity index is 3.11. The highest BCUT2D eigenvalue weighted by Gasteiger charge is 2.13. The van der Waals surface area contributed by atoms with E-state index in [4.69, 9.17) is 5.11 Å². The number of aliphatic hydroxyl groups is 1. The van der Waals surface area contributed by atoms with Crippen molar-refractivity contribution in [1.82, 2.24) is 0 Å². The van der Waals surface area contributed by atoms with E-state index in [0.717, 1.165) is 6.42 Å². The Hall–Kier alpha value is -0.0400. The van der Waals surface area contributed by atoms with Crippen LogP contribution in [0.5, 0.6) is 0 Å². The van der Waals surface area contributed by atoms with E-state index in [1.165, 1.54) is 51.4 Å². The molecule has 0 radical (unpaired) electrons. The molecule has 0 rings (SSSR count). The third kappa shape index (κ3) is 10.2. The van der Waals surface area contributed by atoms with E-state index in [-0.39, 0.29) is 0 Å². The fraction of sp³-hybridized carbons (Fsp3) is 1.00. The van der Waals surface area contributed by atoms with Crippen LogP contribution in [-0.4, -0.2) is 11.7 Å². The molecule has 0 aliphatic carbocycles. The lowest BCUT2D eigenvalue weighted by atomic mass is 9.84. The molecule has 1 nitrogen and oxygen atoms in total. The normalized spacial score (nSPS) is 12.0. The van der Waals surface area contributed by atoms with Crippen LogP contribution in [0.1, 0.15) is 78.6 Å². The molecule has 0 aliphatic rings. The topological polar surface area (TPSA) is 20.2 Å². The molecule has 1 N–H and O–H groups in total. The molecule has 0 fully saturated rings. The number of aliphatic hydroxyl groups excluding tert-OH is 1. The van der Waals surface area contributed by atoms with Crippen molar-refractivity contribution < 1.29 is 5.11 Å². The summed E-state index contributed by atoms with van der Waals surface area (Å²) in [5.41, 5.74) is 0.552. The Kier molecular flexibility index (Phi) is 9.18. The van der Waals surface area contributed by atoms with Gasteiger partial charge < -0.3 is 5.11 Å². The number of hydrogen-bond acceptors (Lipinski definition) is 1.